The largest absolute Gasteiger partial charge is 0.386 e. The van der Waals surface area contributed by atoms with Gasteiger partial charge >= 0.3 is 0 Å². The summed E-state index contributed by atoms with van der Waals surface area (Å²) in [5, 5.41) is 15.7. The molecule has 0 aliphatic heterocycles. The summed E-state index contributed by atoms with van der Waals surface area (Å²) in [6.45, 7) is 20.7. The van der Waals surface area contributed by atoms with Gasteiger partial charge in [0, 0.05) is 22.7 Å². The summed E-state index contributed by atoms with van der Waals surface area (Å²) in [6.07, 6.45) is 3.55. The van der Waals surface area contributed by atoms with Crippen LogP contribution in [-0.2, 0) is 5.41 Å². The third kappa shape index (κ3) is 10.1. The molecule has 5 N–H and O–H groups in total. The molecular weight excluding hydrogens is 434 g/mol. The maximum Gasteiger partial charge on any atom is 0.0994 e. The summed E-state index contributed by atoms with van der Waals surface area (Å²) in [5.41, 5.74) is 15.5. The maximum atomic E-state index is 9.29. The van der Waals surface area contributed by atoms with Crippen molar-refractivity contribution in [1.29, 1.82) is 5.26 Å². The molecule has 0 radical (unpaired) electrons. The fourth-order valence-electron chi connectivity index (χ4n) is 3.01. The van der Waals surface area contributed by atoms with Crippen LogP contribution >= 0.6 is 24.0 Å². The number of anilines is 1. The third-order valence-electron chi connectivity index (χ3n) is 4.35. The lowest BCUT2D eigenvalue weighted by atomic mass is 9.86. The third-order valence-corrected chi connectivity index (χ3v) is 5.54. The van der Waals surface area contributed by atoms with Crippen molar-refractivity contribution >= 4 is 29.7 Å². The van der Waals surface area contributed by atoms with Gasteiger partial charge in [-0.05, 0) is 54.8 Å². The van der Waals surface area contributed by atoms with Crippen molar-refractivity contribution in [3.05, 3.63) is 57.3 Å². The number of hydrogen-bond acceptors (Lipinski definition) is 7. The summed E-state index contributed by atoms with van der Waals surface area (Å²) in [6, 6.07) is 4.24. The van der Waals surface area contributed by atoms with E-state index in [0.717, 1.165) is 27.9 Å². The Morgan fingerprint density at radius 3 is 2.00 bits per heavy atom. The van der Waals surface area contributed by atoms with E-state index >= 15 is 0 Å². The quantitative estimate of drug-likeness (QED) is 0.376. The number of nitrogens with one attached hydrogen (secondary N) is 1. The van der Waals surface area contributed by atoms with Crippen molar-refractivity contribution in [3.8, 4) is 6.07 Å². The number of nitrogens with two attached hydrogens (primary N) is 2. The molecule has 0 bridgehead atoms. The molecule has 1 heterocycles. The molecule has 0 spiro atoms. The van der Waals surface area contributed by atoms with Crippen LogP contribution in [0.15, 0.2) is 30.0 Å². The Bertz CT molecular complexity index is 843. The molecule has 0 fully saturated rings. The molecule has 0 saturated heterocycles. The highest BCUT2D eigenvalue weighted by atomic mass is 32.1. The van der Waals surface area contributed by atoms with Crippen molar-refractivity contribution in [1.82, 2.24) is 4.98 Å². The van der Waals surface area contributed by atoms with E-state index in [1.807, 2.05) is 24.6 Å². The van der Waals surface area contributed by atoms with Crippen molar-refractivity contribution in [2.24, 2.45) is 11.5 Å². The molecule has 7 heteroatoms. The normalized spacial score (nSPS) is 10.0. The summed E-state index contributed by atoms with van der Waals surface area (Å²) in [4.78, 5) is 4.21. The van der Waals surface area contributed by atoms with Crippen LogP contribution in [0.25, 0.3) is 0 Å². The first-order valence-corrected chi connectivity index (χ1v) is 12.4. The smallest absolute Gasteiger partial charge is 0.0994 e. The highest BCUT2D eigenvalue weighted by Crippen LogP contribution is 2.37. The van der Waals surface area contributed by atoms with E-state index in [4.69, 9.17) is 5.73 Å². The van der Waals surface area contributed by atoms with Gasteiger partial charge in [0.25, 0.3) is 0 Å². The van der Waals surface area contributed by atoms with Crippen LogP contribution in [0.4, 0.5) is 5.69 Å². The second-order valence-corrected chi connectivity index (χ2v) is 9.48. The Hall–Kier alpha value is -2.01. The number of benzene rings is 1. The number of thiol groups is 1. The minimum Gasteiger partial charge on any atom is -0.386 e. The molecule has 1 aromatic carbocycles. The molecule has 0 saturated carbocycles. The lowest BCUT2D eigenvalue weighted by Crippen LogP contribution is -2.14. The zero-order valence-electron chi connectivity index (χ0n) is 21.5. The first-order valence-electron chi connectivity index (χ1n) is 10.6. The van der Waals surface area contributed by atoms with Gasteiger partial charge < -0.3 is 16.8 Å². The Morgan fingerprint density at radius 1 is 1.19 bits per heavy atom. The van der Waals surface area contributed by atoms with Crippen LogP contribution in [-0.4, -0.2) is 18.3 Å². The standard InChI is InChI=1S/C16H23N3.C7H11NS.CH5N.CH4S/c1-9(2)14-7-13(8-17)11(5)15(10(3)4)16(14)19-12(6)18;1-7(2,3)6-8-4-5-9-6;2*1-2/h7,9-10,19H,6,18H2,1-5H3;4-5H,1-3H3;2H2,1H3;2H,1H3. The van der Waals surface area contributed by atoms with E-state index in [1.54, 1.807) is 17.6 Å². The highest BCUT2D eigenvalue weighted by molar-refractivity contribution is 7.79. The molecule has 0 aliphatic carbocycles. The molecule has 0 amide bonds. The topological polar surface area (TPSA) is 101 Å². The van der Waals surface area contributed by atoms with Crippen LogP contribution in [0.2, 0.25) is 0 Å². The summed E-state index contributed by atoms with van der Waals surface area (Å²) in [7, 11) is 1.50. The molecule has 1 aromatic heterocycles. The van der Waals surface area contributed by atoms with Gasteiger partial charge in [-0.3, -0.25) is 0 Å². The number of hydrogen-bond donors (Lipinski definition) is 4. The zero-order chi connectivity index (χ0) is 25.6. The van der Waals surface area contributed by atoms with Gasteiger partial charge in [-0.25, -0.2) is 4.98 Å². The van der Waals surface area contributed by atoms with Gasteiger partial charge in [-0.1, -0.05) is 55.0 Å². The average molecular weight is 478 g/mol. The molecule has 180 valence electrons. The fourth-order valence-corrected chi connectivity index (χ4v) is 3.74. The molecule has 0 atom stereocenters. The first-order chi connectivity index (χ1) is 14.9. The summed E-state index contributed by atoms with van der Waals surface area (Å²) < 4.78 is 0. The van der Waals surface area contributed by atoms with Gasteiger partial charge in [-0.2, -0.15) is 17.9 Å². The minimum absolute atomic E-state index is 0.230. The summed E-state index contributed by atoms with van der Waals surface area (Å²) >= 11 is 5.25. The van der Waals surface area contributed by atoms with E-state index in [9.17, 15) is 5.26 Å². The lowest BCUT2D eigenvalue weighted by Gasteiger charge is -2.23. The van der Waals surface area contributed by atoms with Crippen molar-refractivity contribution in [2.45, 2.75) is 72.6 Å². The monoisotopic (exact) mass is 477 g/mol. The molecule has 2 rings (SSSR count). The summed E-state index contributed by atoms with van der Waals surface area (Å²) in [5.74, 6) is 1.05. The van der Waals surface area contributed by atoms with Crippen LogP contribution in [0.1, 0.15) is 87.6 Å². The minimum atomic E-state index is 0.230. The van der Waals surface area contributed by atoms with Gasteiger partial charge in [-0.15, -0.1) is 11.3 Å². The van der Waals surface area contributed by atoms with Gasteiger partial charge in [0.05, 0.1) is 22.5 Å². The predicted molar refractivity (Wildman–Crippen MR) is 147 cm³/mol. The van der Waals surface area contributed by atoms with E-state index in [-0.39, 0.29) is 5.41 Å². The predicted octanol–water partition coefficient (Wildman–Crippen LogP) is 6.52. The van der Waals surface area contributed by atoms with Crippen LogP contribution < -0.4 is 16.8 Å². The second-order valence-electron chi connectivity index (χ2n) is 8.59. The van der Waals surface area contributed by atoms with Gasteiger partial charge in [0.15, 0.2) is 0 Å². The molecule has 0 unspecified atom stereocenters. The Balaban J connectivity index is 0. The molecular formula is C25H43N5S2. The van der Waals surface area contributed by atoms with Gasteiger partial charge in [0.2, 0.25) is 0 Å². The molecule has 2 aromatic rings. The number of thiazole rings is 1. The van der Waals surface area contributed by atoms with E-state index in [0.29, 0.717) is 17.7 Å². The zero-order valence-corrected chi connectivity index (χ0v) is 23.2. The average Bonchev–Trinajstić information content (AvgIpc) is 3.26. The van der Waals surface area contributed by atoms with E-state index < -0.39 is 0 Å². The van der Waals surface area contributed by atoms with Crippen LogP contribution in [0.3, 0.4) is 0 Å². The molecule has 5 nitrogen and oxygen atoms in total. The number of nitrogens with zero attached hydrogens (tertiary/aromatic N) is 2. The number of aromatic nitrogens is 1. The Morgan fingerprint density at radius 2 is 1.72 bits per heavy atom. The molecule has 32 heavy (non-hydrogen) atoms. The maximum absolute atomic E-state index is 9.29. The van der Waals surface area contributed by atoms with Crippen molar-refractivity contribution < 1.29 is 0 Å². The Labute approximate surface area is 205 Å². The van der Waals surface area contributed by atoms with Crippen molar-refractivity contribution in [3.63, 3.8) is 0 Å². The van der Waals surface area contributed by atoms with Gasteiger partial charge in [0.1, 0.15) is 0 Å². The molecule has 0 aliphatic rings. The van der Waals surface area contributed by atoms with Crippen molar-refractivity contribution in [2.75, 3.05) is 18.6 Å². The first kappa shape index (κ1) is 32.2. The highest BCUT2D eigenvalue weighted by Gasteiger charge is 2.19. The SMILES string of the molecule is C=C(N)Nc1c(C(C)C)cc(C#N)c(C)c1C(C)C.CC(C)(C)c1nccs1.CN.CS. The van der Waals surface area contributed by atoms with E-state index in [2.05, 4.69) is 89.8 Å². The Kier molecular flexibility index (Phi) is 15.8. The second kappa shape index (κ2) is 15.7. The lowest BCUT2D eigenvalue weighted by molar-refractivity contribution is 0.585. The fraction of sp³-hybridized carbons (Fsp3) is 0.520. The number of rotatable bonds is 4. The number of nitriles is 1. The van der Waals surface area contributed by atoms with Crippen LogP contribution in [0.5, 0.6) is 0 Å². The van der Waals surface area contributed by atoms with Crippen LogP contribution in [0, 0.1) is 18.3 Å². The van der Waals surface area contributed by atoms with E-state index in [1.165, 1.54) is 12.1 Å².